The Hall–Kier alpha value is -3.14. The minimum atomic E-state index is -1.07. The van der Waals surface area contributed by atoms with E-state index in [0.29, 0.717) is 12.0 Å². The Balaban J connectivity index is 1.76. The van der Waals surface area contributed by atoms with Gasteiger partial charge in [0.05, 0.1) is 0 Å². The molecule has 3 rings (SSSR count). The molecule has 0 spiro atoms. The summed E-state index contributed by atoms with van der Waals surface area (Å²) in [5, 5.41) is 0. The van der Waals surface area contributed by atoms with Crippen molar-refractivity contribution in [3.05, 3.63) is 90.0 Å². The molecule has 0 fully saturated rings. The minimum absolute atomic E-state index is 0.396. The fourth-order valence-electron chi connectivity index (χ4n) is 3.17. The molecule has 1 aliphatic rings. The van der Waals surface area contributed by atoms with Gasteiger partial charge in [0.1, 0.15) is 6.10 Å². The molecule has 4 nitrogen and oxygen atoms in total. The van der Waals surface area contributed by atoms with Crippen LogP contribution in [0.15, 0.2) is 78.9 Å². The lowest BCUT2D eigenvalue weighted by Crippen LogP contribution is -2.26. The van der Waals surface area contributed by atoms with Crippen molar-refractivity contribution in [3.63, 3.8) is 0 Å². The van der Waals surface area contributed by atoms with Crippen molar-refractivity contribution in [2.24, 2.45) is 0 Å². The van der Waals surface area contributed by atoms with Crippen LogP contribution in [0.2, 0.25) is 0 Å². The van der Waals surface area contributed by atoms with Gasteiger partial charge < -0.3 is 9.47 Å². The van der Waals surface area contributed by atoms with E-state index < -0.39 is 24.1 Å². The van der Waals surface area contributed by atoms with Gasteiger partial charge in [0, 0.05) is 12.5 Å². The summed E-state index contributed by atoms with van der Waals surface area (Å²) in [4.78, 5) is 24.3. The van der Waals surface area contributed by atoms with Crippen LogP contribution in [0.25, 0.3) is 5.57 Å². The zero-order chi connectivity index (χ0) is 19.2. The van der Waals surface area contributed by atoms with E-state index in [1.165, 1.54) is 6.92 Å². The lowest BCUT2D eigenvalue weighted by Gasteiger charge is -2.22. The topological polar surface area (TPSA) is 52.6 Å². The van der Waals surface area contributed by atoms with Crippen molar-refractivity contribution in [1.29, 1.82) is 0 Å². The molecule has 0 saturated heterocycles. The van der Waals surface area contributed by atoms with Crippen LogP contribution in [-0.4, -0.2) is 18.0 Å². The third-order valence-corrected chi connectivity index (χ3v) is 4.47. The van der Waals surface area contributed by atoms with Crippen LogP contribution in [0.1, 0.15) is 37.0 Å². The smallest absolute Gasteiger partial charge is 0.352 e. The standard InChI is InChI=1S/C23H22O4/c1-16(18-10-5-3-6-11-18)20-14-9-15-21(20)27-23(25)22(26-17(2)24)19-12-7-4-8-13-19/h3-8,10-14,21-22H,1,9,15H2,2H3/t21?,22-/m1/s1. The number of allylic oxidation sites excluding steroid dienone is 1. The summed E-state index contributed by atoms with van der Waals surface area (Å²) in [6.07, 6.45) is 2.08. The number of esters is 2. The molecule has 4 heteroatoms. The second kappa shape index (κ2) is 8.49. The van der Waals surface area contributed by atoms with E-state index in [1.807, 2.05) is 36.4 Å². The Bertz CT molecular complexity index is 852. The number of rotatable bonds is 6. The predicted octanol–water partition coefficient (Wildman–Crippen LogP) is 4.64. The van der Waals surface area contributed by atoms with Crippen molar-refractivity contribution in [3.8, 4) is 0 Å². The summed E-state index contributed by atoms with van der Waals surface area (Å²) in [6, 6.07) is 18.7. The fourth-order valence-corrected chi connectivity index (χ4v) is 3.17. The van der Waals surface area contributed by atoms with Crippen molar-refractivity contribution in [1.82, 2.24) is 0 Å². The highest BCUT2D eigenvalue weighted by atomic mass is 16.6. The molecule has 0 aromatic heterocycles. The molecule has 2 atom stereocenters. The van der Waals surface area contributed by atoms with Crippen LogP contribution in [0, 0.1) is 0 Å². The monoisotopic (exact) mass is 362 g/mol. The Labute approximate surface area is 159 Å². The molecule has 0 N–H and O–H groups in total. The maximum Gasteiger partial charge on any atom is 0.352 e. The molecular weight excluding hydrogens is 340 g/mol. The molecular formula is C23H22O4. The normalized spacial score (nSPS) is 16.9. The summed E-state index contributed by atoms with van der Waals surface area (Å²) in [6.45, 7) is 5.45. The highest BCUT2D eigenvalue weighted by Gasteiger charge is 2.31. The van der Waals surface area contributed by atoms with Crippen LogP contribution in [-0.2, 0) is 19.1 Å². The van der Waals surface area contributed by atoms with Crippen LogP contribution in [0.4, 0.5) is 0 Å². The number of carbonyl (C=O) groups excluding carboxylic acids is 2. The minimum Gasteiger partial charge on any atom is -0.454 e. The third-order valence-electron chi connectivity index (χ3n) is 4.47. The van der Waals surface area contributed by atoms with E-state index in [9.17, 15) is 9.59 Å². The first-order valence-corrected chi connectivity index (χ1v) is 8.93. The van der Waals surface area contributed by atoms with Crippen LogP contribution in [0.5, 0.6) is 0 Å². The van der Waals surface area contributed by atoms with E-state index in [0.717, 1.165) is 23.1 Å². The van der Waals surface area contributed by atoms with Gasteiger partial charge in [-0.3, -0.25) is 4.79 Å². The first-order chi connectivity index (χ1) is 13.1. The number of ether oxygens (including phenoxy) is 2. The number of benzene rings is 2. The van der Waals surface area contributed by atoms with Gasteiger partial charge in [-0.05, 0) is 29.6 Å². The number of hydrogen-bond acceptors (Lipinski definition) is 4. The van der Waals surface area contributed by atoms with Gasteiger partial charge in [-0.25, -0.2) is 4.79 Å². The summed E-state index contributed by atoms with van der Waals surface area (Å²) in [5.41, 5.74) is 3.33. The van der Waals surface area contributed by atoms with Gasteiger partial charge in [-0.1, -0.05) is 73.3 Å². The first kappa shape index (κ1) is 18.6. The largest absolute Gasteiger partial charge is 0.454 e. The Kier molecular flexibility index (Phi) is 5.87. The lowest BCUT2D eigenvalue weighted by molar-refractivity contribution is -0.169. The third kappa shape index (κ3) is 4.53. The summed E-state index contributed by atoms with van der Waals surface area (Å²) in [5.74, 6) is -1.10. The molecule has 2 aromatic rings. The van der Waals surface area contributed by atoms with Gasteiger partial charge in [0.25, 0.3) is 0 Å². The molecule has 0 radical (unpaired) electrons. The summed E-state index contributed by atoms with van der Waals surface area (Å²) >= 11 is 0. The Morgan fingerprint density at radius 1 is 1.04 bits per heavy atom. The van der Waals surface area contributed by atoms with Gasteiger partial charge in [0.2, 0.25) is 6.10 Å². The average molecular weight is 362 g/mol. The maximum atomic E-state index is 12.8. The molecule has 1 aliphatic carbocycles. The maximum absolute atomic E-state index is 12.8. The molecule has 27 heavy (non-hydrogen) atoms. The molecule has 0 amide bonds. The summed E-state index contributed by atoms with van der Waals surface area (Å²) in [7, 11) is 0. The molecule has 0 aliphatic heterocycles. The molecule has 0 bridgehead atoms. The van der Waals surface area contributed by atoms with Crippen LogP contribution >= 0.6 is 0 Å². The van der Waals surface area contributed by atoms with E-state index in [4.69, 9.17) is 9.47 Å². The molecule has 1 unspecified atom stereocenters. The zero-order valence-electron chi connectivity index (χ0n) is 15.3. The van der Waals surface area contributed by atoms with Gasteiger partial charge >= 0.3 is 11.9 Å². The van der Waals surface area contributed by atoms with Gasteiger partial charge in [-0.15, -0.1) is 0 Å². The molecule has 138 valence electrons. The molecule has 0 heterocycles. The molecule has 2 aromatic carbocycles. The Morgan fingerprint density at radius 2 is 1.67 bits per heavy atom. The number of hydrogen-bond donors (Lipinski definition) is 0. The van der Waals surface area contributed by atoms with Crippen molar-refractivity contribution in [2.75, 3.05) is 0 Å². The zero-order valence-corrected chi connectivity index (χ0v) is 15.3. The van der Waals surface area contributed by atoms with Gasteiger partial charge in [-0.2, -0.15) is 0 Å². The second-order valence-electron chi connectivity index (χ2n) is 6.41. The average Bonchev–Trinajstić information content (AvgIpc) is 3.14. The Morgan fingerprint density at radius 3 is 2.30 bits per heavy atom. The highest BCUT2D eigenvalue weighted by Crippen LogP contribution is 2.34. The van der Waals surface area contributed by atoms with Gasteiger partial charge in [0.15, 0.2) is 0 Å². The van der Waals surface area contributed by atoms with Crippen molar-refractivity contribution < 1.29 is 19.1 Å². The molecule has 0 saturated carbocycles. The fraction of sp³-hybridized carbons (Fsp3) is 0.217. The van der Waals surface area contributed by atoms with E-state index in [-0.39, 0.29) is 0 Å². The lowest BCUT2D eigenvalue weighted by atomic mass is 9.97. The quantitative estimate of drug-likeness (QED) is 0.703. The van der Waals surface area contributed by atoms with E-state index >= 15 is 0 Å². The van der Waals surface area contributed by atoms with Crippen LogP contribution < -0.4 is 0 Å². The predicted molar refractivity (Wildman–Crippen MR) is 104 cm³/mol. The van der Waals surface area contributed by atoms with Crippen LogP contribution in [0.3, 0.4) is 0 Å². The SMILES string of the molecule is C=C(C1=CCCC1OC(=O)[C@H](OC(C)=O)c1ccccc1)c1ccccc1. The first-order valence-electron chi connectivity index (χ1n) is 8.93. The second-order valence-corrected chi connectivity index (χ2v) is 6.41. The number of carbonyl (C=O) groups is 2. The van der Waals surface area contributed by atoms with E-state index in [2.05, 4.69) is 12.7 Å². The highest BCUT2D eigenvalue weighted by molar-refractivity contribution is 5.83. The van der Waals surface area contributed by atoms with Crippen molar-refractivity contribution in [2.45, 2.75) is 32.0 Å². The summed E-state index contributed by atoms with van der Waals surface area (Å²) < 4.78 is 11.0. The van der Waals surface area contributed by atoms with Crippen molar-refractivity contribution >= 4 is 17.5 Å². The van der Waals surface area contributed by atoms with E-state index in [1.54, 1.807) is 24.3 Å².